The third-order valence-electron chi connectivity index (χ3n) is 3.15. The Morgan fingerprint density at radius 3 is 2.67 bits per heavy atom. The molecule has 0 atom stereocenters. The van der Waals surface area contributed by atoms with Crippen molar-refractivity contribution in [2.24, 2.45) is 5.73 Å². The van der Waals surface area contributed by atoms with Gasteiger partial charge in [0.1, 0.15) is 11.5 Å². The molecule has 0 aliphatic rings. The lowest BCUT2D eigenvalue weighted by Crippen LogP contribution is -2.02. The molecule has 2 aromatic heterocycles. The Hall–Kier alpha value is -2.60. The van der Waals surface area contributed by atoms with Crippen molar-refractivity contribution >= 4 is 0 Å². The molecule has 1 aromatic carbocycles. The second kappa shape index (κ2) is 5.80. The Morgan fingerprint density at radius 2 is 1.90 bits per heavy atom. The summed E-state index contributed by atoms with van der Waals surface area (Å²) in [5.41, 5.74) is 8.56. The van der Waals surface area contributed by atoms with Crippen LogP contribution in [0.15, 0.2) is 41.1 Å². The van der Waals surface area contributed by atoms with Crippen molar-refractivity contribution in [3.8, 4) is 11.5 Å². The number of hydrogen-bond acceptors (Lipinski definition) is 6. The Balaban J connectivity index is 1.85. The van der Waals surface area contributed by atoms with Crippen LogP contribution in [0.2, 0.25) is 0 Å². The van der Waals surface area contributed by atoms with Gasteiger partial charge in [0.25, 0.3) is 0 Å². The van der Waals surface area contributed by atoms with E-state index in [4.69, 9.17) is 10.3 Å². The maximum atomic E-state index is 5.73. The molecule has 0 bridgehead atoms. The summed E-state index contributed by atoms with van der Waals surface area (Å²) in [7, 11) is 0. The average molecular weight is 281 g/mol. The van der Waals surface area contributed by atoms with Crippen molar-refractivity contribution in [2.45, 2.75) is 19.9 Å². The first-order valence-electron chi connectivity index (χ1n) is 6.65. The summed E-state index contributed by atoms with van der Waals surface area (Å²) in [6.45, 7) is 2.31. The quantitative estimate of drug-likeness (QED) is 0.785. The van der Waals surface area contributed by atoms with E-state index in [-0.39, 0.29) is 0 Å². The highest BCUT2D eigenvalue weighted by molar-refractivity contribution is 5.47. The smallest absolute Gasteiger partial charge is 0.231 e. The van der Waals surface area contributed by atoms with E-state index >= 15 is 0 Å². The lowest BCUT2D eigenvalue weighted by atomic mass is 10.0. The number of benzene rings is 1. The molecule has 0 aliphatic heterocycles. The number of rotatable bonds is 4. The van der Waals surface area contributed by atoms with Gasteiger partial charge in [-0.25, -0.2) is 9.97 Å². The van der Waals surface area contributed by atoms with Crippen molar-refractivity contribution in [3.05, 3.63) is 59.4 Å². The van der Waals surface area contributed by atoms with Crippen LogP contribution >= 0.6 is 0 Å². The van der Waals surface area contributed by atoms with E-state index in [2.05, 4.69) is 20.1 Å². The molecule has 21 heavy (non-hydrogen) atoms. The Labute approximate surface area is 122 Å². The van der Waals surface area contributed by atoms with E-state index in [1.807, 2.05) is 31.2 Å². The SMILES string of the molecule is Cc1nccc(-c2noc(Cc3ccccc3CN)n2)n1. The molecule has 3 rings (SSSR count). The van der Waals surface area contributed by atoms with Gasteiger partial charge in [0, 0.05) is 12.7 Å². The summed E-state index contributed by atoms with van der Waals surface area (Å²) in [6.07, 6.45) is 2.24. The van der Waals surface area contributed by atoms with Gasteiger partial charge in [-0.05, 0) is 24.1 Å². The topological polar surface area (TPSA) is 90.7 Å². The average Bonchev–Trinajstić information content (AvgIpc) is 2.96. The fourth-order valence-corrected chi connectivity index (χ4v) is 2.10. The molecule has 0 aliphatic carbocycles. The summed E-state index contributed by atoms with van der Waals surface area (Å²) in [5, 5.41) is 3.97. The van der Waals surface area contributed by atoms with Crippen LogP contribution in [0.25, 0.3) is 11.5 Å². The zero-order valence-corrected chi connectivity index (χ0v) is 11.7. The summed E-state index contributed by atoms with van der Waals surface area (Å²) in [5.74, 6) is 1.69. The van der Waals surface area contributed by atoms with Gasteiger partial charge < -0.3 is 10.3 Å². The van der Waals surface area contributed by atoms with Crippen LogP contribution in [0.1, 0.15) is 22.8 Å². The molecular formula is C15H15N5O. The zero-order chi connectivity index (χ0) is 14.7. The van der Waals surface area contributed by atoms with Crippen molar-refractivity contribution in [2.75, 3.05) is 0 Å². The van der Waals surface area contributed by atoms with Gasteiger partial charge in [-0.2, -0.15) is 4.98 Å². The molecule has 0 amide bonds. The molecule has 106 valence electrons. The van der Waals surface area contributed by atoms with E-state index in [1.165, 1.54) is 0 Å². The number of hydrogen-bond donors (Lipinski definition) is 1. The Morgan fingerprint density at radius 1 is 1.10 bits per heavy atom. The molecule has 0 unspecified atom stereocenters. The van der Waals surface area contributed by atoms with Gasteiger partial charge in [0.2, 0.25) is 11.7 Å². The summed E-state index contributed by atoms with van der Waals surface area (Å²) >= 11 is 0. The van der Waals surface area contributed by atoms with Crippen LogP contribution in [-0.4, -0.2) is 20.1 Å². The minimum Gasteiger partial charge on any atom is -0.339 e. The minimum absolute atomic E-state index is 0.473. The highest BCUT2D eigenvalue weighted by atomic mass is 16.5. The Bertz CT molecular complexity index is 753. The van der Waals surface area contributed by atoms with Gasteiger partial charge >= 0.3 is 0 Å². The molecule has 0 saturated carbocycles. The van der Waals surface area contributed by atoms with Gasteiger partial charge in [-0.3, -0.25) is 0 Å². The molecule has 0 spiro atoms. The maximum Gasteiger partial charge on any atom is 0.231 e. The van der Waals surface area contributed by atoms with Gasteiger partial charge in [0.15, 0.2) is 0 Å². The molecule has 2 heterocycles. The first-order chi connectivity index (χ1) is 10.3. The lowest BCUT2D eigenvalue weighted by Gasteiger charge is -2.03. The number of aryl methyl sites for hydroxylation is 1. The predicted octanol–water partition coefficient (Wildman–Crippen LogP) is 1.88. The monoisotopic (exact) mass is 281 g/mol. The largest absolute Gasteiger partial charge is 0.339 e. The van der Waals surface area contributed by atoms with Crippen molar-refractivity contribution in [1.82, 2.24) is 20.1 Å². The lowest BCUT2D eigenvalue weighted by molar-refractivity contribution is 0.385. The standard InChI is InChI=1S/C15H15N5O/c1-10-17-7-6-13(18-10)15-19-14(21-20-15)8-11-4-2-3-5-12(11)9-16/h2-7H,8-9,16H2,1H3. The summed E-state index contributed by atoms with van der Waals surface area (Å²) in [4.78, 5) is 12.7. The van der Waals surface area contributed by atoms with Crippen LogP contribution in [0.3, 0.4) is 0 Å². The van der Waals surface area contributed by atoms with Gasteiger partial charge in [0.05, 0.1) is 6.42 Å². The number of aromatic nitrogens is 4. The van der Waals surface area contributed by atoms with Crippen LogP contribution in [0.5, 0.6) is 0 Å². The van der Waals surface area contributed by atoms with E-state index in [0.29, 0.717) is 36.2 Å². The molecule has 6 nitrogen and oxygen atoms in total. The van der Waals surface area contributed by atoms with E-state index in [9.17, 15) is 0 Å². The molecule has 0 radical (unpaired) electrons. The normalized spacial score (nSPS) is 10.8. The van der Waals surface area contributed by atoms with Crippen LogP contribution in [0.4, 0.5) is 0 Å². The molecule has 6 heteroatoms. The third kappa shape index (κ3) is 2.95. The molecule has 0 fully saturated rings. The highest BCUT2D eigenvalue weighted by Gasteiger charge is 2.12. The second-order valence-corrected chi connectivity index (χ2v) is 4.65. The zero-order valence-electron chi connectivity index (χ0n) is 11.7. The van der Waals surface area contributed by atoms with E-state index in [0.717, 1.165) is 11.1 Å². The van der Waals surface area contributed by atoms with Gasteiger partial charge in [-0.1, -0.05) is 29.4 Å². The Kier molecular flexibility index (Phi) is 3.70. The fourth-order valence-electron chi connectivity index (χ4n) is 2.10. The van der Waals surface area contributed by atoms with Gasteiger partial charge in [-0.15, -0.1) is 0 Å². The fraction of sp³-hybridized carbons (Fsp3) is 0.200. The maximum absolute atomic E-state index is 5.73. The molecule has 3 aromatic rings. The highest BCUT2D eigenvalue weighted by Crippen LogP contribution is 2.16. The molecule has 0 saturated heterocycles. The predicted molar refractivity (Wildman–Crippen MR) is 77.2 cm³/mol. The molecule has 2 N–H and O–H groups in total. The number of nitrogens with two attached hydrogens (primary N) is 1. The first-order valence-corrected chi connectivity index (χ1v) is 6.65. The first kappa shape index (κ1) is 13.4. The van der Waals surface area contributed by atoms with Crippen LogP contribution < -0.4 is 5.73 Å². The third-order valence-corrected chi connectivity index (χ3v) is 3.15. The molecular weight excluding hydrogens is 266 g/mol. The second-order valence-electron chi connectivity index (χ2n) is 4.65. The summed E-state index contributed by atoms with van der Waals surface area (Å²) in [6, 6.07) is 9.71. The van der Waals surface area contributed by atoms with Crippen LogP contribution in [-0.2, 0) is 13.0 Å². The van der Waals surface area contributed by atoms with Crippen molar-refractivity contribution in [1.29, 1.82) is 0 Å². The summed E-state index contributed by atoms with van der Waals surface area (Å²) < 4.78 is 5.30. The van der Waals surface area contributed by atoms with E-state index < -0.39 is 0 Å². The minimum atomic E-state index is 0.473. The van der Waals surface area contributed by atoms with Crippen molar-refractivity contribution in [3.63, 3.8) is 0 Å². The van der Waals surface area contributed by atoms with E-state index in [1.54, 1.807) is 12.3 Å². The van der Waals surface area contributed by atoms with Crippen molar-refractivity contribution < 1.29 is 4.52 Å². The number of nitrogens with zero attached hydrogens (tertiary/aromatic N) is 4. The van der Waals surface area contributed by atoms with Crippen LogP contribution in [0, 0.1) is 6.92 Å².